The van der Waals surface area contributed by atoms with E-state index >= 15 is 0 Å². The molecule has 3 amide bonds. The second kappa shape index (κ2) is 8.18. The number of carbonyl (C=O) groups excluding carboxylic acids is 3. The maximum Gasteiger partial charge on any atom is 0.264 e. The molecule has 0 saturated carbocycles. The van der Waals surface area contributed by atoms with Crippen molar-refractivity contribution in [1.82, 2.24) is 20.4 Å². The molecule has 11 nitrogen and oxygen atoms in total. The van der Waals surface area contributed by atoms with Gasteiger partial charge in [-0.05, 0) is 25.1 Å². The Morgan fingerprint density at radius 3 is 2.62 bits per heavy atom. The molecule has 1 N–H and O–H groups in total. The van der Waals surface area contributed by atoms with Crippen LogP contribution in [0.25, 0.3) is 0 Å². The fourth-order valence-corrected chi connectivity index (χ4v) is 4.38. The smallest absolute Gasteiger partial charge is 0.264 e. The minimum Gasteiger partial charge on any atom is -0.493 e. The molecule has 11 heteroatoms. The van der Waals surface area contributed by atoms with E-state index in [1.807, 2.05) is 0 Å². The quantitative estimate of drug-likeness (QED) is 0.587. The van der Waals surface area contributed by atoms with Gasteiger partial charge in [0.25, 0.3) is 11.8 Å². The number of carbonyl (C=O) groups is 3. The fourth-order valence-electron chi connectivity index (χ4n) is 4.38. The molecule has 2 aromatic carbocycles. The highest BCUT2D eigenvalue weighted by Gasteiger charge is 2.50. The zero-order valence-corrected chi connectivity index (χ0v) is 18.7. The van der Waals surface area contributed by atoms with Crippen LogP contribution >= 0.6 is 0 Å². The van der Waals surface area contributed by atoms with Gasteiger partial charge in [-0.1, -0.05) is 23.4 Å². The summed E-state index contributed by atoms with van der Waals surface area (Å²) < 4.78 is 15.9. The summed E-state index contributed by atoms with van der Waals surface area (Å²) in [6, 6.07) is 10.2. The molecule has 2 aliphatic rings. The van der Waals surface area contributed by atoms with Crippen LogP contribution in [0.15, 0.2) is 40.9 Å². The summed E-state index contributed by atoms with van der Waals surface area (Å²) in [5.74, 6) is 0.228. The number of benzene rings is 2. The van der Waals surface area contributed by atoms with Crippen molar-refractivity contribution < 1.29 is 28.4 Å². The van der Waals surface area contributed by atoms with E-state index in [0.29, 0.717) is 34.0 Å². The zero-order valence-electron chi connectivity index (χ0n) is 18.7. The molecule has 5 rings (SSSR count). The third-order valence-electron chi connectivity index (χ3n) is 5.80. The van der Waals surface area contributed by atoms with Crippen LogP contribution in [0.5, 0.6) is 11.5 Å². The number of anilines is 1. The topological polar surface area (TPSA) is 127 Å². The molecule has 1 aromatic heterocycles. The summed E-state index contributed by atoms with van der Waals surface area (Å²) in [6.07, 6.45) is -0.818. The zero-order chi connectivity index (χ0) is 24.0. The Kier molecular flexibility index (Phi) is 5.16. The highest BCUT2D eigenvalue weighted by atomic mass is 16.5. The van der Waals surface area contributed by atoms with Gasteiger partial charge in [-0.15, -0.1) is 0 Å². The highest BCUT2D eigenvalue weighted by Crippen LogP contribution is 2.49. The largest absolute Gasteiger partial charge is 0.493 e. The Hall–Kier alpha value is -4.41. The van der Waals surface area contributed by atoms with Gasteiger partial charge in [0, 0.05) is 5.56 Å². The minimum absolute atomic E-state index is 0.0210. The lowest BCUT2D eigenvalue weighted by Gasteiger charge is -2.40. The molecule has 3 heterocycles. The van der Waals surface area contributed by atoms with Crippen LogP contribution in [0, 0.1) is 6.92 Å². The van der Waals surface area contributed by atoms with E-state index in [9.17, 15) is 14.4 Å². The number of para-hydroxylation sites is 1. The fraction of sp³-hybridized carbons (Fsp3) is 0.261. The van der Waals surface area contributed by atoms with E-state index in [4.69, 9.17) is 14.0 Å². The molecule has 1 atom stereocenters. The van der Waals surface area contributed by atoms with Gasteiger partial charge in [-0.25, -0.2) is 0 Å². The van der Waals surface area contributed by atoms with Crippen LogP contribution in [0.4, 0.5) is 5.69 Å². The summed E-state index contributed by atoms with van der Waals surface area (Å²) in [4.78, 5) is 46.8. The van der Waals surface area contributed by atoms with Gasteiger partial charge in [0.2, 0.25) is 11.8 Å². The van der Waals surface area contributed by atoms with Crippen molar-refractivity contribution in [2.45, 2.75) is 19.6 Å². The molecular formula is C23H21N5O6. The van der Waals surface area contributed by atoms with Crippen molar-refractivity contribution in [2.24, 2.45) is 0 Å². The Morgan fingerprint density at radius 1 is 1.12 bits per heavy atom. The van der Waals surface area contributed by atoms with E-state index < -0.39 is 12.1 Å². The first-order valence-corrected chi connectivity index (χ1v) is 10.5. The second-order valence-electron chi connectivity index (χ2n) is 7.78. The van der Waals surface area contributed by atoms with Gasteiger partial charge < -0.3 is 24.2 Å². The molecule has 2 aliphatic heterocycles. The molecule has 0 aliphatic carbocycles. The Morgan fingerprint density at radius 2 is 1.91 bits per heavy atom. The minimum atomic E-state index is -0.818. The van der Waals surface area contributed by atoms with Crippen LogP contribution in [-0.4, -0.2) is 53.5 Å². The molecule has 0 saturated heterocycles. The van der Waals surface area contributed by atoms with Gasteiger partial charge in [0.15, 0.2) is 17.3 Å². The number of aromatic nitrogens is 2. The predicted octanol–water partition coefficient (Wildman–Crippen LogP) is 1.83. The highest BCUT2D eigenvalue weighted by molar-refractivity contribution is 6.18. The average molecular weight is 463 g/mol. The molecule has 174 valence electrons. The number of rotatable bonds is 6. The molecule has 0 unspecified atom stereocenters. The number of hydrogen-bond donors (Lipinski definition) is 1. The SMILES string of the molecule is COc1ccc2c(c1OC)C(=O)N1c3ccccc3C(=O)N(CC(=O)NCc3nc(C)no3)[C@@H]21. The van der Waals surface area contributed by atoms with Crippen molar-refractivity contribution in [2.75, 3.05) is 25.7 Å². The van der Waals surface area contributed by atoms with Gasteiger partial charge in [-0.3, -0.25) is 19.3 Å². The van der Waals surface area contributed by atoms with Gasteiger partial charge in [0.05, 0.1) is 37.6 Å². The summed E-state index contributed by atoms with van der Waals surface area (Å²) >= 11 is 0. The van der Waals surface area contributed by atoms with Crippen molar-refractivity contribution in [3.05, 3.63) is 64.8 Å². The van der Waals surface area contributed by atoms with Gasteiger partial charge in [0.1, 0.15) is 12.7 Å². The summed E-state index contributed by atoms with van der Waals surface area (Å²) in [7, 11) is 2.93. The maximum atomic E-state index is 13.6. The number of fused-ring (bicyclic) bond motifs is 5. The number of methoxy groups -OCH3 is 2. The van der Waals surface area contributed by atoms with Crippen LogP contribution in [0.1, 0.15) is 44.2 Å². The average Bonchev–Trinajstić information content (AvgIpc) is 3.40. The third kappa shape index (κ3) is 3.24. The first-order chi connectivity index (χ1) is 16.4. The molecule has 0 bridgehead atoms. The molecular weight excluding hydrogens is 442 g/mol. The third-order valence-corrected chi connectivity index (χ3v) is 5.80. The molecule has 3 aromatic rings. The lowest BCUT2D eigenvalue weighted by Crippen LogP contribution is -2.51. The number of nitrogens with one attached hydrogen (secondary N) is 1. The summed E-state index contributed by atoms with van der Waals surface area (Å²) in [6.45, 7) is 1.40. The number of aryl methyl sites for hydroxylation is 1. The van der Waals surface area contributed by atoms with Crippen LogP contribution in [0.3, 0.4) is 0 Å². The van der Waals surface area contributed by atoms with E-state index in [-0.39, 0.29) is 36.5 Å². The lowest BCUT2D eigenvalue weighted by molar-refractivity contribution is -0.122. The predicted molar refractivity (Wildman–Crippen MR) is 117 cm³/mol. The van der Waals surface area contributed by atoms with E-state index in [1.54, 1.807) is 43.3 Å². The van der Waals surface area contributed by atoms with Crippen molar-refractivity contribution in [1.29, 1.82) is 0 Å². The Balaban J connectivity index is 1.53. The Bertz CT molecular complexity index is 1320. The first-order valence-electron chi connectivity index (χ1n) is 10.5. The number of amides is 3. The van der Waals surface area contributed by atoms with Gasteiger partial charge in [-0.2, -0.15) is 4.98 Å². The summed E-state index contributed by atoms with van der Waals surface area (Å²) in [5, 5.41) is 6.37. The van der Waals surface area contributed by atoms with Crippen molar-refractivity contribution in [3.8, 4) is 11.5 Å². The van der Waals surface area contributed by atoms with Crippen LogP contribution < -0.4 is 19.7 Å². The number of nitrogens with zero attached hydrogens (tertiary/aromatic N) is 4. The lowest BCUT2D eigenvalue weighted by atomic mass is 10.0. The van der Waals surface area contributed by atoms with Crippen molar-refractivity contribution >= 4 is 23.4 Å². The first kappa shape index (κ1) is 21.4. The van der Waals surface area contributed by atoms with Gasteiger partial charge >= 0.3 is 0 Å². The number of hydrogen-bond acceptors (Lipinski definition) is 8. The standard InChI is InChI=1S/C23H21N5O6/c1-12-25-18(34-26-12)10-24-17(29)11-27-21-14-8-9-16(32-2)20(33-3)19(14)23(31)28(21)15-7-5-4-6-13(15)22(27)30/h4-9,21H,10-11H2,1-3H3,(H,24,29)/t21-/m1/s1. The van der Waals surface area contributed by atoms with Crippen LogP contribution in [-0.2, 0) is 11.3 Å². The molecule has 34 heavy (non-hydrogen) atoms. The molecule has 0 fully saturated rings. The molecule has 0 spiro atoms. The maximum absolute atomic E-state index is 13.6. The van der Waals surface area contributed by atoms with E-state index in [1.165, 1.54) is 24.0 Å². The van der Waals surface area contributed by atoms with Crippen LogP contribution in [0.2, 0.25) is 0 Å². The second-order valence-corrected chi connectivity index (χ2v) is 7.78. The number of ether oxygens (including phenoxy) is 2. The van der Waals surface area contributed by atoms with E-state index in [2.05, 4.69) is 15.5 Å². The molecule has 0 radical (unpaired) electrons. The monoisotopic (exact) mass is 463 g/mol. The normalized spacial score (nSPS) is 16.1. The van der Waals surface area contributed by atoms with Crippen molar-refractivity contribution in [3.63, 3.8) is 0 Å². The Labute approximate surface area is 194 Å². The van der Waals surface area contributed by atoms with E-state index in [0.717, 1.165) is 0 Å². The summed E-state index contributed by atoms with van der Waals surface area (Å²) in [5.41, 5.74) is 1.64.